The van der Waals surface area contributed by atoms with Gasteiger partial charge in [-0.1, -0.05) is 13.0 Å². The maximum Gasteiger partial charge on any atom is 0.387 e. The molecule has 31 heavy (non-hydrogen) atoms. The van der Waals surface area contributed by atoms with Gasteiger partial charge in [0.05, 0.1) is 5.60 Å². The highest BCUT2D eigenvalue weighted by Crippen LogP contribution is 2.48. The molecule has 2 aromatic rings. The second kappa shape index (κ2) is 8.66. The minimum atomic E-state index is -3.15. The molecule has 0 saturated carbocycles. The zero-order chi connectivity index (χ0) is 22.9. The molecule has 1 N–H and O–H groups in total. The number of ketones is 1. The summed E-state index contributed by atoms with van der Waals surface area (Å²) < 4.78 is 50.1. The Morgan fingerprint density at radius 1 is 1.23 bits per heavy atom. The first-order valence-corrected chi connectivity index (χ1v) is 9.69. The van der Waals surface area contributed by atoms with Crippen LogP contribution in [0, 0.1) is 11.7 Å². The molecule has 1 aromatic carbocycles. The molecule has 3 atom stereocenters. The second-order valence-electron chi connectivity index (χ2n) is 7.99. The molecule has 0 unspecified atom stereocenters. The molecule has 1 amide bonds. The molecular formula is C22H23F3N2O4. The Kier molecular flexibility index (Phi) is 6.35. The number of hydrogen-bond acceptors (Lipinski definition) is 5. The first-order chi connectivity index (χ1) is 14.5. The minimum Gasteiger partial charge on any atom is -0.434 e. The molecule has 1 fully saturated rings. The van der Waals surface area contributed by atoms with Gasteiger partial charge in [-0.3, -0.25) is 14.6 Å². The Hall–Kier alpha value is -2.94. The van der Waals surface area contributed by atoms with Gasteiger partial charge in [0.15, 0.2) is 5.78 Å². The van der Waals surface area contributed by atoms with Crippen molar-refractivity contribution in [1.29, 1.82) is 0 Å². The van der Waals surface area contributed by atoms with Crippen molar-refractivity contribution in [3.05, 3.63) is 53.6 Å². The van der Waals surface area contributed by atoms with Crippen molar-refractivity contribution in [1.82, 2.24) is 4.98 Å². The Bertz CT molecular complexity index is 996. The Labute approximate surface area is 177 Å². The Morgan fingerprint density at radius 2 is 1.94 bits per heavy atom. The van der Waals surface area contributed by atoms with Gasteiger partial charge in [-0.05, 0) is 38.0 Å². The minimum absolute atomic E-state index is 0.182. The maximum absolute atomic E-state index is 13.7. The molecule has 0 aliphatic carbocycles. The molecule has 6 nitrogen and oxygen atoms in total. The molecule has 1 aliphatic rings. The number of carbonyl (C=O) groups is 2. The monoisotopic (exact) mass is 436 g/mol. The number of pyridine rings is 1. The Balaban J connectivity index is 1.96. The Morgan fingerprint density at radius 3 is 2.58 bits per heavy atom. The number of amides is 1. The number of nitrogens with zero attached hydrogens (tertiary/aromatic N) is 1. The molecular weight excluding hydrogens is 413 g/mol. The van der Waals surface area contributed by atoms with E-state index in [1.807, 2.05) is 6.92 Å². The highest BCUT2D eigenvalue weighted by molar-refractivity contribution is 5.97. The van der Waals surface area contributed by atoms with Gasteiger partial charge in [0, 0.05) is 36.4 Å². The third-order valence-corrected chi connectivity index (χ3v) is 5.59. The normalized spacial score (nSPS) is 22.4. The summed E-state index contributed by atoms with van der Waals surface area (Å²) in [5, 5.41) is 2.69. The van der Waals surface area contributed by atoms with Crippen molar-refractivity contribution < 1.29 is 32.2 Å². The summed E-state index contributed by atoms with van der Waals surface area (Å²) in [5.41, 5.74) is 0.0000585. The standard InChI is InChI=1S/C22H23F3N2O4/c1-11-18(15-6-5-13(23)9-17(15)30-21(24)25)19(31-22(11,3)4)20(29)27-14-7-8-26-16(10-14)12(2)28/h5-11,18-19,21H,1-4H3,(H,26,27,29)/t11-,18-,19+/m0/s1. The van der Waals surface area contributed by atoms with Crippen molar-refractivity contribution in [2.75, 3.05) is 5.32 Å². The number of alkyl halides is 2. The smallest absolute Gasteiger partial charge is 0.387 e. The van der Waals surface area contributed by atoms with Gasteiger partial charge in [-0.25, -0.2) is 4.39 Å². The molecule has 1 aromatic heterocycles. The first-order valence-electron chi connectivity index (χ1n) is 9.69. The molecule has 3 rings (SSSR count). The van der Waals surface area contributed by atoms with Crippen LogP contribution < -0.4 is 10.1 Å². The quantitative estimate of drug-likeness (QED) is 0.672. The number of ether oxygens (including phenoxy) is 2. The first kappa shape index (κ1) is 22.7. The summed E-state index contributed by atoms with van der Waals surface area (Å²) in [7, 11) is 0. The number of carbonyl (C=O) groups excluding carboxylic acids is 2. The van der Waals surface area contributed by atoms with Gasteiger partial charge in [0.1, 0.15) is 23.4 Å². The van der Waals surface area contributed by atoms with Gasteiger partial charge >= 0.3 is 6.61 Å². The van der Waals surface area contributed by atoms with Crippen molar-refractivity contribution in [3.63, 3.8) is 0 Å². The van der Waals surface area contributed by atoms with Crippen molar-refractivity contribution in [2.45, 2.75) is 51.9 Å². The molecule has 0 radical (unpaired) electrons. The van der Waals surface area contributed by atoms with Crippen LogP contribution in [0.15, 0.2) is 36.5 Å². The lowest BCUT2D eigenvalue weighted by molar-refractivity contribution is -0.131. The summed E-state index contributed by atoms with van der Waals surface area (Å²) in [6, 6.07) is 6.28. The summed E-state index contributed by atoms with van der Waals surface area (Å²) in [6.45, 7) is 3.60. The molecule has 0 bridgehead atoms. The number of aromatic nitrogens is 1. The van der Waals surface area contributed by atoms with E-state index in [-0.39, 0.29) is 28.7 Å². The van der Waals surface area contributed by atoms with Crippen molar-refractivity contribution >= 4 is 17.4 Å². The van der Waals surface area contributed by atoms with E-state index in [2.05, 4.69) is 15.0 Å². The van der Waals surface area contributed by atoms with Crippen LogP contribution in [0.4, 0.5) is 18.9 Å². The van der Waals surface area contributed by atoms with Gasteiger partial charge in [0.2, 0.25) is 0 Å². The van der Waals surface area contributed by atoms with E-state index in [0.29, 0.717) is 5.69 Å². The molecule has 1 saturated heterocycles. The SMILES string of the molecule is CC(=O)c1cc(NC(=O)[C@@H]2OC(C)(C)[C@@H](C)[C@H]2c2ccc(F)cc2OC(F)F)ccn1. The molecule has 166 valence electrons. The number of halogens is 3. The molecule has 0 spiro atoms. The van der Waals surface area contributed by atoms with Crippen LogP contribution in [0.1, 0.15) is 49.7 Å². The van der Waals surface area contributed by atoms with E-state index in [0.717, 1.165) is 12.1 Å². The number of rotatable bonds is 6. The predicted molar refractivity (Wildman–Crippen MR) is 107 cm³/mol. The highest BCUT2D eigenvalue weighted by atomic mass is 19.3. The van der Waals surface area contributed by atoms with E-state index in [1.165, 1.54) is 31.3 Å². The average molecular weight is 436 g/mol. The summed E-state index contributed by atoms with van der Waals surface area (Å²) in [5.74, 6) is -2.85. The molecule has 9 heteroatoms. The van der Waals surface area contributed by atoms with Crippen LogP contribution in [0.3, 0.4) is 0 Å². The number of Topliss-reactive ketones (excluding diaryl/α,β-unsaturated/α-hetero) is 1. The number of nitrogens with one attached hydrogen (secondary N) is 1. The third kappa shape index (κ3) is 4.87. The van der Waals surface area contributed by atoms with Gasteiger partial charge < -0.3 is 14.8 Å². The van der Waals surface area contributed by atoms with Crippen LogP contribution in [-0.2, 0) is 9.53 Å². The van der Waals surface area contributed by atoms with Crippen molar-refractivity contribution in [3.8, 4) is 5.75 Å². The fraction of sp³-hybridized carbons (Fsp3) is 0.409. The fourth-order valence-electron chi connectivity index (χ4n) is 3.75. The van der Waals surface area contributed by atoms with Crippen molar-refractivity contribution in [2.24, 2.45) is 5.92 Å². The van der Waals surface area contributed by atoms with Crippen LogP contribution in [0.5, 0.6) is 5.75 Å². The molecule has 2 heterocycles. The predicted octanol–water partition coefficient (Wildman–Crippen LogP) is 4.56. The fourth-order valence-corrected chi connectivity index (χ4v) is 3.75. The maximum atomic E-state index is 13.7. The largest absolute Gasteiger partial charge is 0.434 e. The lowest BCUT2D eigenvalue weighted by atomic mass is 9.78. The lowest BCUT2D eigenvalue weighted by Gasteiger charge is -2.26. The van der Waals surface area contributed by atoms with E-state index in [9.17, 15) is 22.8 Å². The second-order valence-corrected chi connectivity index (χ2v) is 7.99. The molecule has 1 aliphatic heterocycles. The van der Waals surface area contributed by atoms with Gasteiger partial charge in [0.25, 0.3) is 5.91 Å². The third-order valence-electron chi connectivity index (χ3n) is 5.59. The van der Waals surface area contributed by atoms with Gasteiger partial charge in [-0.15, -0.1) is 0 Å². The lowest BCUT2D eigenvalue weighted by Crippen LogP contribution is -2.33. The summed E-state index contributed by atoms with van der Waals surface area (Å²) in [6.07, 6.45) is 0.324. The van der Waals surface area contributed by atoms with Crippen LogP contribution in [0.25, 0.3) is 0 Å². The summed E-state index contributed by atoms with van der Waals surface area (Å²) >= 11 is 0. The van der Waals surface area contributed by atoms with Crippen LogP contribution in [0.2, 0.25) is 0 Å². The zero-order valence-corrected chi connectivity index (χ0v) is 17.5. The summed E-state index contributed by atoms with van der Waals surface area (Å²) in [4.78, 5) is 28.6. The number of hydrogen-bond donors (Lipinski definition) is 1. The average Bonchev–Trinajstić information content (AvgIpc) is 2.91. The van der Waals surface area contributed by atoms with E-state index < -0.39 is 36.0 Å². The van der Waals surface area contributed by atoms with Gasteiger partial charge in [-0.2, -0.15) is 8.78 Å². The highest BCUT2D eigenvalue weighted by Gasteiger charge is 2.51. The van der Waals surface area contributed by atoms with E-state index >= 15 is 0 Å². The van der Waals surface area contributed by atoms with E-state index in [4.69, 9.17) is 4.74 Å². The topological polar surface area (TPSA) is 77.5 Å². The van der Waals surface area contributed by atoms with E-state index in [1.54, 1.807) is 13.8 Å². The van der Waals surface area contributed by atoms with Crippen LogP contribution in [-0.4, -0.2) is 35.0 Å². The number of anilines is 1. The zero-order valence-electron chi connectivity index (χ0n) is 17.5. The number of benzene rings is 1. The van der Waals surface area contributed by atoms with Crippen LogP contribution >= 0.6 is 0 Å².